The van der Waals surface area contributed by atoms with Crippen molar-refractivity contribution in [1.82, 2.24) is 19.5 Å². The van der Waals surface area contributed by atoms with E-state index >= 15 is 0 Å². The largest absolute Gasteiger partial charge is 0.338 e. The lowest BCUT2D eigenvalue weighted by Crippen LogP contribution is -2.35. The van der Waals surface area contributed by atoms with E-state index in [1.165, 1.54) is 12.4 Å². The summed E-state index contributed by atoms with van der Waals surface area (Å²) < 4.78 is 1.55. The highest BCUT2D eigenvalue weighted by molar-refractivity contribution is 6.43. The van der Waals surface area contributed by atoms with Crippen LogP contribution in [0.15, 0.2) is 53.7 Å². The minimum atomic E-state index is -0.143. The summed E-state index contributed by atoms with van der Waals surface area (Å²) in [6, 6.07) is 8.82. The summed E-state index contributed by atoms with van der Waals surface area (Å²) >= 11 is 12.6. The van der Waals surface area contributed by atoms with Gasteiger partial charge in [0, 0.05) is 32.4 Å². The quantitative estimate of drug-likeness (QED) is 0.652. The Morgan fingerprint density at radius 1 is 1.14 bits per heavy atom. The first-order chi connectivity index (χ1) is 13.5. The van der Waals surface area contributed by atoms with Gasteiger partial charge in [0.1, 0.15) is 6.33 Å². The lowest BCUT2D eigenvalue weighted by Gasteiger charge is -2.30. The molecule has 3 heterocycles. The van der Waals surface area contributed by atoms with E-state index in [1.807, 2.05) is 12.1 Å². The Morgan fingerprint density at radius 2 is 2.00 bits per heavy atom. The van der Waals surface area contributed by atoms with Gasteiger partial charge < -0.3 is 4.90 Å². The second kappa shape index (κ2) is 7.73. The highest BCUT2D eigenvalue weighted by Gasteiger charge is 2.21. The summed E-state index contributed by atoms with van der Waals surface area (Å²) in [5, 5.41) is 1.06. The Hall–Kier alpha value is -2.70. The summed E-state index contributed by atoms with van der Waals surface area (Å²) in [6.07, 6.45) is 6.04. The minimum Gasteiger partial charge on any atom is -0.338 e. The molecule has 0 saturated carbocycles. The molecule has 4 rings (SSSR count). The maximum Gasteiger partial charge on any atom is 0.255 e. The molecule has 142 valence electrons. The lowest BCUT2D eigenvalue weighted by molar-refractivity contribution is 0.726. The van der Waals surface area contributed by atoms with Gasteiger partial charge >= 0.3 is 0 Å². The van der Waals surface area contributed by atoms with E-state index in [2.05, 4.69) is 20.9 Å². The van der Waals surface area contributed by atoms with E-state index in [4.69, 9.17) is 28.2 Å². The highest BCUT2D eigenvalue weighted by Crippen LogP contribution is 2.33. The molecule has 0 fully saturated rings. The molecule has 0 amide bonds. The first kappa shape index (κ1) is 18.7. The molecule has 28 heavy (non-hydrogen) atoms. The summed E-state index contributed by atoms with van der Waals surface area (Å²) in [5.41, 5.74) is 2.95. The van der Waals surface area contributed by atoms with Gasteiger partial charge in [0.15, 0.2) is 0 Å². The molecule has 0 atom stereocenters. The number of aromatic nitrogens is 4. The monoisotopic (exact) mass is 413 g/mol. The molecular formula is C20H17Cl2N5O. The molecule has 3 aromatic rings. The fourth-order valence-electron chi connectivity index (χ4n) is 3.25. The first-order valence-corrected chi connectivity index (χ1v) is 9.53. The van der Waals surface area contributed by atoms with Crippen LogP contribution < -0.4 is 10.5 Å². The van der Waals surface area contributed by atoms with Crippen LogP contribution in [0.4, 0.5) is 5.95 Å². The standard InChI is InChI=1S/C20H17Cl2N5O/c1-26-18(28)10-17(16-7-8-23-12-24-16)25-20(26)27-9-3-4-13(11-27)14-5-2-6-15(21)19(14)22/h2,4-8,10,12H,3,9,11H2,1H3. The van der Waals surface area contributed by atoms with Crippen molar-refractivity contribution in [3.63, 3.8) is 0 Å². The van der Waals surface area contributed by atoms with Crippen molar-refractivity contribution in [2.24, 2.45) is 7.05 Å². The number of halogens is 2. The molecule has 0 N–H and O–H groups in total. The maximum absolute atomic E-state index is 12.5. The van der Waals surface area contributed by atoms with Crippen LogP contribution in [-0.2, 0) is 7.05 Å². The molecular weight excluding hydrogens is 397 g/mol. The SMILES string of the molecule is Cn1c(N2CCC=C(c3cccc(Cl)c3Cl)C2)nc(-c2ccncn2)cc1=O. The Morgan fingerprint density at radius 3 is 2.79 bits per heavy atom. The predicted octanol–water partition coefficient (Wildman–Crippen LogP) is 3.84. The molecule has 2 aromatic heterocycles. The van der Waals surface area contributed by atoms with E-state index in [9.17, 15) is 4.79 Å². The van der Waals surface area contributed by atoms with E-state index in [1.54, 1.807) is 29.9 Å². The molecule has 6 nitrogen and oxygen atoms in total. The molecule has 1 aliphatic heterocycles. The Balaban J connectivity index is 1.72. The molecule has 0 aliphatic carbocycles. The van der Waals surface area contributed by atoms with Crippen molar-refractivity contribution in [2.45, 2.75) is 6.42 Å². The Labute approximate surface area is 172 Å². The van der Waals surface area contributed by atoms with Gasteiger partial charge in [-0.25, -0.2) is 15.0 Å². The Bertz CT molecular complexity index is 1110. The first-order valence-electron chi connectivity index (χ1n) is 8.77. The van der Waals surface area contributed by atoms with Crippen LogP contribution in [0.5, 0.6) is 0 Å². The van der Waals surface area contributed by atoms with Gasteiger partial charge in [-0.05, 0) is 29.7 Å². The van der Waals surface area contributed by atoms with Crippen LogP contribution in [0.1, 0.15) is 12.0 Å². The van der Waals surface area contributed by atoms with E-state index < -0.39 is 0 Å². The summed E-state index contributed by atoms with van der Waals surface area (Å²) in [5.74, 6) is 0.588. The smallest absolute Gasteiger partial charge is 0.255 e. The van der Waals surface area contributed by atoms with Crippen molar-refractivity contribution in [2.75, 3.05) is 18.0 Å². The second-order valence-electron chi connectivity index (χ2n) is 6.47. The summed E-state index contributed by atoms with van der Waals surface area (Å²) in [4.78, 5) is 27.4. The van der Waals surface area contributed by atoms with Crippen LogP contribution in [0, 0.1) is 0 Å². The molecule has 0 spiro atoms. The molecule has 0 bridgehead atoms. The van der Waals surface area contributed by atoms with Crippen molar-refractivity contribution < 1.29 is 0 Å². The van der Waals surface area contributed by atoms with Crippen molar-refractivity contribution in [3.8, 4) is 11.4 Å². The average molecular weight is 414 g/mol. The number of nitrogens with zero attached hydrogens (tertiary/aromatic N) is 5. The summed E-state index contributed by atoms with van der Waals surface area (Å²) in [7, 11) is 1.72. The topological polar surface area (TPSA) is 63.9 Å². The summed E-state index contributed by atoms with van der Waals surface area (Å²) in [6.45, 7) is 1.32. The Kier molecular flexibility index (Phi) is 5.15. The zero-order valence-electron chi connectivity index (χ0n) is 15.1. The van der Waals surface area contributed by atoms with Crippen LogP contribution in [0.25, 0.3) is 17.0 Å². The third kappa shape index (κ3) is 3.53. The van der Waals surface area contributed by atoms with Crippen LogP contribution in [-0.4, -0.2) is 32.6 Å². The number of anilines is 1. The maximum atomic E-state index is 12.5. The van der Waals surface area contributed by atoms with Gasteiger partial charge in [0.2, 0.25) is 5.95 Å². The number of hydrogen-bond acceptors (Lipinski definition) is 5. The zero-order chi connectivity index (χ0) is 19.7. The minimum absolute atomic E-state index is 0.143. The number of benzene rings is 1. The van der Waals surface area contributed by atoms with Crippen molar-refractivity contribution in [1.29, 1.82) is 0 Å². The van der Waals surface area contributed by atoms with Gasteiger partial charge in [-0.15, -0.1) is 0 Å². The van der Waals surface area contributed by atoms with Crippen molar-refractivity contribution >= 4 is 34.7 Å². The molecule has 8 heteroatoms. The number of hydrogen-bond donors (Lipinski definition) is 0. The van der Waals surface area contributed by atoms with E-state index in [-0.39, 0.29) is 5.56 Å². The molecule has 1 aliphatic rings. The van der Waals surface area contributed by atoms with Crippen molar-refractivity contribution in [3.05, 3.63) is 74.9 Å². The van der Waals surface area contributed by atoms with Gasteiger partial charge in [-0.2, -0.15) is 0 Å². The second-order valence-corrected chi connectivity index (χ2v) is 7.26. The molecule has 1 aromatic carbocycles. The van der Waals surface area contributed by atoms with Gasteiger partial charge in [0.25, 0.3) is 5.56 Å². The van der Waals surface area contributed by atoms with Gasteiger partial charge in [-0.3, -0.25) is 9.36 Å². The third-order valence-corrected chi connectivity index (χ3v) is 5.51. The molecule has 0 saturated heterocycles. The van der Waals surface area contributed by atoms with Gasteiger partial charge in [-0.1, -0.05) is 41.4 Å². The number of rotatable bonds is 3. The fraction of sp³-hybridized carbons (Fsp3) is 0.200. The van der Waals surface area contributed by atoms with Gasteiger partial charge in [0.05, 0.1) is 21.4 Å². The zero-order valence-corrected chi connectivity index (χ0v) is 16.7. The molecule has 0 radical (unpaired) electrons. The molecule has 0 unspecified atom stereocenters. The lowest BCUT2D eigenvalue weighted by atomic mass is 10.0. The van der Waals surface area contributed by atoms with Crippen LogP contribution in [0.2, 0.25) is 10.0 Å². The normalized spacial score (nSPS) is 14.1. The third-order valence-electron chi connectivity index (χ3n) is 4.69. The van der Waals surface area contributed by atoms with E-state index in [0.29, 0.717) is 33.9 Å². The average Bonchev–Trinajstić information content (AvgIpc) is 2.72. The van der Waals surface area contributed by atoms with E-state index in [0.717, 1.165) is 24.1 Å². The van der Waals surface area contributed by atoms with Crippen LogP contribution >= 0.6 is 23.2 Å². The highest BCUT2D eigenvalue weighted by atomic mass is 35.5. The van der Waals surface area contributed by atoms with Crippen LogP contribution in [0.3, 0.4) is 0 Å². The fourth-order valence-corrected chi connectivity index (χ4v) is 3.67. The predicted molar refractivity (Wildman–Crippen MR) is 112 cm³/mol.